The fraction of sp³-hybridized carbons (Fsp3) is 0.474. The Morgan fingerprint density at radius 3 is 2.58 bits per heavy atom. The highest BCUT2D eigenvalue weighted by Gasteiger charge is 2.28. The molecule has 2 rings (SSSR count). The average molecular weight is 329 g/mol. The maximum absolute atomic E-state index is 12.3. The van der Waals surface area contributed by atoms with E-state index in [1.807, 2.05) is 39.0 Å². The van der Waals surface area contributed by atoms with Crippen LogP contribution in [0.15, 0.2) is 30.8 Å². The highest BCUT2D eigenvalue weighted by Crippen LogP contribution is 2.23. The average Bonchev–Trinajstić information content (AvgIpc) is 2.95. The maximum atomic E-state index is 12.3. The number of rotatable bonds is 4. The van der Waals surface area contributed by atoms with Crippen LogP contribution in [-0.4, -0.2) is 36.0 Å². The summed E-state index contributed by atoms with van der Waals surface area (Å²) in [4.78, 5) is 25.5. The first-order valence-electron chi connectivity index (χ1n) is 8.29. The van der Waals surface area contributed by atoms with Gasteiger partial charge in [-0.2, -0.15) is 0 Å². The topological polar surface area (TPSA) is 61.4 Å². The molecular weight excluding hydrogens is 302 g/mol. The van der Waals surface area contributed by atoms with E-state index >= 15 is 0 Å². The van der Waals surface area contributed by atoms with E-state index in [9.17, 15) is 9.59 Å². The zero-order valence-corrected chi connectivity index (χ0v) is 15.0. The summed E-state index contributed by atoms with van der Waals surface area (Å²) >= 11 is 0. The Labute approximate surface area is 144 Å². The molecule has 1 unspecified atom stereocenters. The molecule has 5 heteroatoms. The number of nitrogens with zero attached hydrogens (tertiary/aromatic N) is 1. The number of likely N-dealkylation sites (tertiary alicyclic amines) is 1. The van der Waals surface area contributed by atoms with Crippen molar-refractivity contribution >= 4 is 17.5 Å². The van der Waals surface area contributed by atoms with Crippen molar-refractivity contribution in [2.24, 2.45) is 0 Å². The Balaban J connectivity index is 1.98. The largest absolute Gasteiger partial charge is 0.341 e. The van der Waals surface area contributed by atoms with Gasteiger partial charge >= 0.3 is 6.03 Å². The molecule has 0 saturated carbocycles. The summed E-state index contributed by atoms with van der Waals surface area (Å²) in [5.74, 6) is 0.0525. The molecule has 0 bridgehead atoms. The Kier molecular flexibility index (Phi) is 5.32. The van der Waals surface area contributed by atoms with E-state index in [-0.39, 0.29) is 18.0 Å². The number of nitrogens with one attached hydrogen (secondary N) is 2. The van der Waals surface area contributed by atoms with Gasteiger partial charge in [0.05, 0.1) is 5.54 Å². The molecule has 1 fully saturated rings. The Bertz CT molecular complexity index is 652. The summed E-state index contributed by atoms with van der Waals surface area (Å²) < 4.78 is 0. The highest BCUT2D eigenvalue weighted by atomic mass is 16.2. The summed E-state index contributed by atoms with van der Waals surface area (Å²) in [6.07, 6.45) is 0.790. The number of carbonyl (C=O) groups is 2. The second-order valence-corrected chi connectivity index (χ2v) is 7.04. The molecule has 1 aliphatic rings. The number of allylic oxidation sites excluding steroid dienone is 1. The number of urea groups is 1. The van der Waals surface area contributed by atoms with E-state index in [1.54, 1.807) is 11.8 Å². The van der Waals surface area contributed by atoms with Crippen molar-refractivity contribution in [2.45, 2.75) is 45.7 Å². The zero-order valence-electron chi connectivity index (χ0n) is 15.0. The normalized spacial score (nSPS) is 17.5. The van der Waals surface area contributed by atoms with Gasteiger partial charge in [0.1, 0.15) is 0 Å². The lowest BCUT2D eigenvalue weighted by Crippen LogP contribution is -2.50. The van der Waals surface area contributed by atoms with Crippen molar-refractivity contribution in [2.75, 3.05) is 13.1 Å². The van der Waals surface area contributed by atoms with E-state index in [1.165, 1.54) is 0 Å². The number of carbonyl (C=O) groups excluding carboxylic acids is 2. The van der Waals surface area contributed by atoms with Crippen LogP contribution in [0, 0.1) is 0 Å². The molecule has 1 aliphatic heterocycles. The standard InChI is InChI=1S/C19H27N3O2/c1-13(2)15-7-6-8-16(11-15)19(4,5)21-18(24)20-17-9-10-22(12-17)14(3)23/h6-8,11,17H,1,9-10,12H2,2-5H3,(H2,20,21,24). The lowest BCUT2D eigenvalue weighted by Gasteiger charge is -2.28. The lowest BCUT2D eigenvalue weighted by molar-refractivity contribution is -0.127. The van der Waals surface area contributed by atoms with Gasteiger partial charge in [-0.05, 0) is 44.4 Å². The van der Waals surface area contributed by atoms with Crippen molar-refractivity contribution in [3.05, 3.63) is 42.0 Å². The van der Waals surface area contributed by atoms with Crippen molar-refractivity contribution in [3.63, 3.8) is 0 Å². The molecule has 3 amide bonds. The summed E-state index contributed by atoms with van der Waals surface area (Å²) in [7, 11) is 0. The third-order valence-corrected chi connectivity index (χ3v) is 4.47. The van der Waals surface area contributed by atoms with Gasteiger partial charge in [-0.3, -0.25) is 4.79 Å². The minimum absolute atomic E-state index is 0.00598. The van der Waals surface area contributed by atoms with Gasteiger partial charge in [-0.15, -0.1) is 0 Å². The molecule has 1 atom stereocenters. The first-order valence-corrected chi connectivity index (χ1v) is 8.29. The first-order chi connectivity index (χ1) is 11.2. The lowest BCUT2D eigenvalue weighted by atomic mass is 9.92. The van der Waals surface area contributed by atoms with Gasteiger partial charge in [0.15, 0.2) is 0 Å². The number of benzene rings is 1. The van der Waals surface area contributed by atoms with Crippen LogP contribution in [0.5, 0.6) is 0 Å². The molecule has 5 nitrogen and oxygen atoms in total. The van der Waals surface area contributed by atoms with Crippen LogP contribution in [0.25, 0.3) is 5.57 Å². The Morgan fingerprint density at radius 1 is 1.29 bits per heavy atom. The molecule has 1 aromatic rings. The van der Waals surface area contributed by atoms with Crippen LogP contribution in [0.4, 0.5) is 4.79 Å². The number of hydrogen-bond donors (Lipinski definition) is 2. The first kappa shape index (κ1) is 18.0. The highest BCUT2D eigenvalue weighted by molar-refractivity contribution is 5.76. The molecule has 130 valence electrons. The molecule has 0 radical (unpaired) electrons. The predicted molar refractivity (Wildman–Crippen MR) is 96.5 cm³/mol. The van der Waals surface area contributed by atoms with Crippen LogP contribution < -0.4 is 10.6 Å². The quantitative estimate of drug-likeness (QED) is 0.892. The van der Waals surface area contributed by atoms with E-state index in [0.717, 1.165) is 23.1 Å². The van der Waals surface area contributed by atoms with Crippen LogP contribution >= 0.6 is 0 Å². The predicted octanol–water partition coefficient (Wildman–Crippen LogP) is 2.87. The molecular formula is C19H27N3O2. The summed E-state index contributed by atoms with van der Waals surface area (Å²) in [6, 6.07) is 7.83. The molecule has 1 aromatic carbocycles. The second-order valence-electron chi connectivity index (χ2n) is 7.04. The van der Waals surface area contributed by atoms with Crippen LogP contribution in [0.2, 0.25) is 0 Å². The summed E-state index contributed by atoms with van der Waals surface area (Å²) in [5.41, 5.74) is 2.58. The molecule has 0 aliphatic carbocycles. The van der Waals surface area contributed by atoms with Gasteiger partial charge in [-0.1, -0.05) is 30.4 Å². The Hall–Kier alpha value is -2.30. The third kappa shape index (κ3) is 4.37. The van der Waals surface area contributed by atoms with E-state index in [0.29, 0.717) is 13.1 Å². The SMILES string of the molecule is C=C(C)c1cccc(C(C)(C)NC(=O)NC2CCN(C(C)=O)C2)c1. The van der Waals surface area contributed by atoms with E-state index in [4.69, 9.17) is 0 Å². The fourth-order valence-electron chi connectivity index (χ4n) is 2.91. The summed E-state index contributed by atoms with van der Waals surface area (Å²) in [5, 5.41) is 5.99. The molecule has 24 heavy (non-hydrogen) atoms. The van der Waals surface area contributed by atoms with Gasteiger partial charge in [0, 0.05) is 26.1 Å². The molecule has 2 N–H and O–H groups in total. The van der Waals surface area contributed by atoms with Gasteiger partial charge in [0.2, 0.25) is 5.91 Å². The minimum atomic E-state index is -0.506. The summed E-state index contributed by atoms with van der Waals surface area (Å²) in [6.45, 7) is 12.7. The molecule has 1 saturated heterocycles. The van der Waals surface area contributed by atoms with Gasteiger partial charge in [-0.25, -0.2) is 4.79 Å². The van der Waals surface area contributed by atoms with Crippen molar-refractivity contribution in [1.29, 1.82) is 0 Å². The minimum Gasteiger partial charge on any atom is -0.341 e. The van der Waals surface area contributed by atoms with E-state index < -0.39 is 5.54 Å². The smallest absolute Gasteiger partial charge is 0.315 e. The Morgan fingerprint density at radius 2 is 2.00 bits per heavy atom. The molecule has 0 aromatic heterocycles. The van der Waals surface area contributed by atoms with Crippen molar-refractivity contribution in [1.82, 2.24) is 15.5 Å². The van der Waals surface area contributed by atoms with Crippen molar-refractivity contribution in [3.8, 4) is 0 Å². The fourth-order valence-corrected chi connectivity index (χ4v) is 2.91. The van der Waals surface area contributed by atoms with Gasteiger partial charge in [0.25, 0.3) is 0 Å². The van der Waals surface area contributed by atoms with Crippen LogP contribution in [0.1, 0.15) is 45.2 Å². The van der Waals surface area contributed by atoms with Crippen LogP contribution in [0.3, 0.4) is 0 Å². The number of hydrogen-bond acceptors (Lipinski definition) is 2. The zero-order chi connectivity index (χ0) is 17.9. The van der Waals surface area contributed by atoms with Crippen molar-refractivity contribution < 1.29 is 9.59 Å². The molecule has 0 spiro atoms. The third-order valence-electron chi connectivity index (χ3n) is 4.47. The molecule has 1 heterocycles. The maximum Gasteiger partial charge on any atom is 0.315 e. The van der Waals surface area contributed by atoms with Gasteiger partial charge < -0.3 is 15.5 Å². The second kappa shape index (κ2) is 7.07. The number of amides is 3. The van der Waals surface area contributed by atoms with E-state index in [2.05, 4.69) is 23.3 Å². The monoisotopic (exact) mass is 329 g/mol. The van der Waals surface area contributed by atoms with Crippen LogP contribution in [-0.2, 0) is 10.3 Å².